The summed E-state index contributed by atoms with van der Waals surface area (Å²) in [4.78, 5) is 15.0. The highest BCUT2D eigenvalue weighted by molar-refractivity contribution is 8.00. The first-order chi connectivity index (χ1) is 12.7. The molecule has 3 rings (SSSR count). The molecule has 0 atom stereocenters. The summed E-state index contributed by atoms with van der Waals surface area (Å²) in [5, 5.41) is 2.74. The van der Waals surface area contributed by atoms with Crippen molar-refractivity contribution < 1.29 is 18.7 Å². The van der Waals surface area contributed by atoms with Gasteiger partial charge in [0, 0.05) is 23.7 Å². The van der Waals surface area contributed by atoms with Crippen molar-refractivity contribution in [2.45, 2.75) is 4.90 Å². The van der Waals surface area contributed by atoms with Crippen LogP contribution in [0.1, 0.15) is 0 Å². The van der Waals surface area contributed by atoms with Gasteiger partial charge in [-0.25, -0.2) is 4.39 Å². The summed E-state index contributed by atoms with van der Waals surface area (Å²) in [6, 6.07) is 12.3. The van der Waals surface area contributed by atoms with Crippen molar-refractivity contribution in [2.24, 2.45) is 0 Å². The second-order valence-corrected chi connectivity index (χ2v) is 6.83. The monoisotopic (exact) mass is 376 g/mol. The maximum Gasteiger partial charge on any atom is 0.234 e. The molecule has 1 aliphatic rings. The molecule has 1 aliphatic heterocycles. The van der Waals surface area contributed by atoms with Crippen LogP contribution in [0.2, 0.25) is 0 Å². The van der Waals surface area contributed by atoms with Crippen LogP contribution in [0.15, 0.2) is 47.4 Å². The van der Waals surface area contributed by atoms with Gasteiger partial charge in [-0.2, -0.15) is 0 Å². The van der Waals surface area contributed by atoms with Crippen LogP contribution in [0, 0.1) is 5.82 Å². The van der Waals surface area contributed by atoms with E-state index in [9.17, 15) is 9.18 Å². The normalized spacial score (nSPS) is 14.2. The molecule has 1 N–H and O–H groups in total. The SMILES string of the molecule is COc1ccc(SCC(=O)Nc2ccc(N3CCOCC3)c(F)c2)cc1. The fraction of sp³-hybridized carbons (Fsp3) is 0.316. The molecule has 0 aromatic heterocycles. The molecule has 1 amide bonds. The first kappa shape index (κ1) is 18.5. The fourth-order valence-corrected chi connectivity index (χ4v) is 3.36. The summed E-state index contributed by atoms with van der Waals surface area (Å²) in [5.74, 6) is 0.505. The molecule has 0 aliphatic carbocycles. The van der Waals surface area contributed by atoms with E-state index in [1.165, 1.54) is 17.8 Å². The number of anilines is 2. The zero-order valence-corrected chi connectivity index (χ0v) is 15.4. The fourth-order valence-electron chi connectivity index (χ4n) is 2.66. The van der Waals surface area contributed by atoms with E-state index in [2.05, 4.69) is 5.32 Å². The average Bonchev–Trinajstić information content (AvgIpc) is 2.67. The number of hydrogen-bond acceptors (Lipinski definition) is 5. The van der Waals surface area contributed by atoms with Gasteiger partial charge in [0.2, 0.25) is 5.91 Å². The molecule has 138 valence electrons. The van der Waals surface area contributed by atoms with Crippen molar-refractivity contribution in [3.05, 3.63) is 48.3 Å². The van der Waals surface area contributed by atoms with E-state index >= 15 is 0 Å². The molecule has 1 fully saturated rings. The number of carbonyl (C=O) groups excluding carboxylic acids is 1. The highest BCUT2D eigenvalue weighted by Crippen LogP contribution is 2.25. The molecule has 7 heteroatoms. The van der Waals surface area contributed by atoms with Crippen LogP contribution in [0.25, 0.3) is 0 Å². The Morgan fingerprint density at radius 2 is 1.96 bits per heavy atom. The third-order valence-electron chi connectivity index (χ3n) is 4.01. The van der Waals surface area contributed by atoms with Crippen molar-refractivity contribution in [1.82, 2.24) is 0 Å². The number of nitrogens with zero attached hydrogens (tertiary/aromatic N) is 1. The molecular formula is C19H21FN2O3S. The minimum absolute atomic E-state index is 0.177. The van der Waals surface area contributed by atoms with E-state index in [-0.39, 0.29) is 17.5 Å². The first-order valence-electron chi connectivity index (χ1n) is 8.34. The molecule has 2 aromatic rings. The van der Waals surface area contributed by atoms with E-state index in [0.29, 0.717) is 37.7 Å². The largest absolute Gasteiger partial charge is 0.497 e. The smallest absolute Gasteiger partial charge is 0.234 e. The van der Waals surface area contributed by atoms with E-state index < -0.39 is 0 Å². The topological polar surface area (TPSA) is 50.8 Å². The number of ether oxygens (including phenoxy) is 2. The van der Waals surface area contributed by atoms with Crippen LogP contribution in [0.5, 0.6) is 5.75 Å². The maximum absolute atomic E-state index is 14.4. The van der Waals surface area contributed by atoms with Gasteiger partial charge < -0.3 is 19.7 Å². The van der Waals surface area contributed by atoms with Crippen LogP contribution >= 0.6 is 11.8 Å². The summed E-state index contributed by atoms with van der Waals surface area (Å²) in [7, 11) is 1.61. The Hall–Kier alpha value is -2.25. The van der Waals surface area contributed by atoms with Gasteiger partial charge in [-0.3, -0.25) is 4.79 Å². The minimum atomic E-state index is -0.340. The van der Waals surface area contributed by atoms with Gasteiger partial charge in [0.05, 0.1) is 31.8 Å². The number of morpholine rings is 1. The number of nitrogens with one attached hydrogen (secondary N) is 1. The summed E-state index contributed by atoms with van der Waals surface area (Å²) < 4.78 is 24.7. The predicted octanol–water partition coefficient (Wildman–Crippen LogP) is 3.40. The zero-order chi connectivity index (χ0) is 18.4. The standard InChI is InChI=1S/C19H21FN2O3S/c1-24-15-3-5-16(6-4-15)26-13-19(23)21-14-2-7-18(17(20)12-14)22-8-10-25-11-9-22/h2-7,12H,8-11,13H2,1H3,(H,21,23). The molecular weight excluding hydrogens is 355 g/mol. The number of methoxy groups -OCH3 is 1. The molecule has 0 spiro atoms. The number of thioether (sulfide) groups is 1. The lowest BCUT2D eigenvalue weighted by atomic mass is 10.2. The van der Waals surface area contributed by atoms with Gasteiger partial charge in [0.25, 0.3) is 0 Å². The molecule has 5 nitrogen and oxygen atoms in total. The molecule has 1 saturated heterocycles. The molecule has 2 aromatic carbocycles. The van der Waals surface area contributed by atoms with E-state index in [0.717, 1.165) is 10.6 Å². The quantitative estimate of drug-likeness (QED) is 0.783. The van der Waals surface area contributed by atoms with Crippen molar-refractivity contribution in [3.8, 4) is 5.75 Å². The second-order valence-electron chi connectivity index (χ2n) is 5.78. The van der Waals surface area contributed by atoms with E-state index in [1.807, 2.05) is 29.2 Å². The Balaban J connectivity index is 1.54. The van der Waals surface area contributed by atoms with Crippen molar-refractivity contribution in [3.63, 3.8) is 0 Å². The lowest BCUT2D eigenvalue weighted by Crippen LogP contribution is -2.36. The number of rotatable bonds is 6. The van der Waals surface area contributed by atoms with Gasteiger partial charge >= 0.3 is 0 Å². The molecule has 26 heavy (non-hydrogen) atoms. The van der Waals surface area contributed by atoms with Crippen LogP contribution in [-0.4, -0.2) is 45.1 Å². The zero-order valence-electron chi connectivity index (χ0n) is 14.5. The molecule has 0 bridgehead atoms. The Morgan fingerprint density at radius 1 is 1.23 bits per heavy atom. The Morgan fingerprint density at radius 3 is 2.62 bits per heavy atom. The minimum Gasteiger partial charge on any atom is -0.497 e. The van der Waals surface area contributed by atoms with Crippen molar-refractivity contribution >= 4 is 29.0 Å². The molecule has 0 saturated carbocycles. The average molecular weight is 376 g/mol. The van der Waals surface area contributed by atoms with Gasteiger partial charge in [-0.05, 0) is 42.5 Å². The highest BCUT2D eigenvalue weighted by Gasteiger charge is 2.15. The third-order valence-corrected chi connectivity index (χ3v) is 5.02. The summed E-state index contributed by atoms with van der Waals surface area (Å²) in [5.41, 5.74) is 0.999. The molecule has 0 unspecified atom stereocenters. The number of hydrogen-bond donors (Lipinski definition) is 1. The van der Waals surface area contributed by atoms with Crippen LogP contribution < -0.4 is 15.0 Å². The molecule has 0 radical (unpaired) electrons. The molecule has 1 heterocycles. The lowest BCUT2D eigenvalue weighted by Gasteiger charge is -2.29. The summed E-state index contributed by atoms with van der Waals surface area (Å²) in [6.07, 6.45) is 0. The number of halogens is 1. The third kappa shape index (κ3) is 4.89. The predicted molar refractivity (Wildman–Crippen MR) is 102 cm³/mol. The first-order valence-corrected chi connectivity index (χ1v) is 9.33. The maximum atomic E-state index is 14.4. The Bertz CT molecular complexity index is 749. The summed E-state index contributed by atoms with van der Waals surface area (Å²) in [6.45, 7) is 2.53. The van der Waals surface area contributed by atoms with Gasteiger partial charge in [-0.1, -0.05) is 0 Å². The highest BCUT2D eigenvalue weighted by atomic mass is 32.2. The van der Waals surface area contributed by atoms with Crippen LogP contribution in [-0.2, 0) is 9.53 Å². The van der Waals surface area contributed by atoms with Crippen molar-refractivity contribution in [2.75, 3.05) is 49.4 Å². The number of carbonyl (C=O) groups is 1. The van der Waals surface area contributed by atoms with Crippen LogP contribution in [0.3, 0.4) is 0 Å². The van der Waals surface area contributed by atoms with Gasteiger partial charge in [0.1, 0.15) is 11.6 Å². The van der Waals surface area contributed by atoms with E-state index in [1.54, 1.807) is 19.2 Å². The lowest BCUT2D eigenvalue weighted by molar-refractivity contribution is -0.113. The van der Waals surface area contributed by atoms with E-state index in [4.69, 9.17) is 9.47 Å². The Labute approximate surface area is 156 Å². The van der Waals surface area contributed by atoms with Crippen molar-refractivity contribution in [1.29, 1.82) is 0 Å². The summed E-state index contributed by atoms with van der Waals surface area (Å²) >= 11 is 1.41. The van der Waals surface area contributed by atoms with Gasteiger partial charge in [-0.15, -0.1) is 11.8 Å². The number of benzene rings is 2. The second kappa shape index (κ2) is 8.91. The Kier molecular flexibility index (Phi) is 6.35. The van der Waals surface area contributed by atoms with Gasteiger partial charge in [0.15, 0.2) is 0 Å². The number of amides is 1. The van der Waals surface area contributed by atoms with Crippen LogP contribution in [0.4, 0.5) is 15.8 Å².